The molecule has 1 aliphatic heterocycles. The topological polar surface area (TPSA) is 21.3 Å². The van der Waals surface area contributed by atoms with E-state index in [1.54, 1.807) is 0 Å². The quantitative estimate of drug-likeness (QED) is 0.860. The highest BCUT2D eigenvalue weighted by molar-refractivity contribution is 5.35. The third-order valence-corrected chi connectivity index (χ3v) is 4.13. The number of hydrogen-bond donors (Lipinski definition) is 1. The Morgan fingerprint density at radius 1 is 1.35 bits per heavy atom. The summed E-state index contributed by atoms with van der Waals surface area (Å²) in [5, 5.41) is 3.49. The van der Waals surface area contributed by atoms with Crippen LogP contribution in [-0.4, -0.2) is 19.7 Å². The molecule has 1 aliphatic carbocycles. The van der Waals surface area contributed by atoms with Crippen molar-refractivity contribution in [3.8, 4) is 5.75 Å². The predicted molar refractivity (Wildman–Crippen MR) is 69.3 cm³/mol. The van der Waals surface area contributed by atoms with Crippen molar-refractivity contribution in [3.05, 3.63) is 29.8 Å². The van der Waals surface area contributed by atoms with E-state index in [9.17, 15) is 0 Å². The minimum atomic E-state index is 0.621. The highest BCUT2D eigenvalue weighted by atomic mass is 16.5. The normalized spacial score (nSPS) is 24.9. The van der Waals surface area contributed by atoms with Gasteiger partial charge in [0.15, 0.2) is 0 Å². The largest absolute Gasteiger partial charge is 0.493 e. The first-order valence-electron chi connectivity index (χ1n) is 6.75. The van der Waals surface area contributed by atoms with Crippen molar-refractivity contribution in [2.75, 3.05) is 13.7 Å². The molecule has 0 spiro atoms. The Morgan fingerprint density at radius 2 is 2.18 bits per heavy atom. The first-order valence-corrected chi connectivity index (χ1v) is 6.75. The van der Waals surface area contributed by atoms with E-state index < -0.39 is 0 Å². The summed E-state index contributed by atoms with van der Waals surface area (Å²) < 4.78 is 5.88. The second-order valence-electron chi connectivity index (χ2n) is 5.46. The molecule has 2 aliphatic rings. The SMILES string of the molecule is CNC(CC1CC1)C1COc2ccccc2C1. The summed E-state index contributed by atoms with van der Waals surface area (Å²) in [5.74, 6) is 2.70. The maximum atomic E-state index is 5.88. The number of rotatable bonds is 4. The highest BCUT2D eigenvalue weighted by Gasteiger charge is 2.31. The maximum Gasteiger partial charge on any atom is 0.122 e. The van der Waals surface area contributed by atoms with Crippen LogP contribution in [0.25, 0.3) is 0 Å². The first-order chi connectivity index (χ1) is 8.36. The molecule has 1 heterocycles. The van der Waals surface area contributed by atoms with Crippen LogP contribution in [0.15, 0.2) is 24.3 Å². The van der Waals surface area contributed by atoms with Crippen molar-refractivity contribution in [2.45, 2.75) is 31.7 Å². The standard InChI is InChI=1S/C15H21NO/c1-16-14(8-11-6-7-11)13-9-12-4-2-3-5-15(12)17-10-13/h2-5,11,13-14,16H,6-10H2,1H3. The zero-order valence-corrected chi connectivity index (χ0v) is 10.5. The summed E-state index contributed by atoms with van der Waals surface area (Å²) in [6.07, 6.45) is 5.35. The van der Waals surface area contributed by atoms with Crippen LogP contribution >= 0.6 is 0 Å². The molecule has 2 heteroatoms. The smallest absolute Gasteiger partial charge is 0.122 e. The van der Waals surface area contributed by atoms with E-state index in [-0.39, 0.29) is 0 Å². The fourth-order valence-corrected chi connectivity index (χ4v) is 2.87. The molecule has 0 aromatic heterocycles. The van der Waals surface area contributed by atoms with Crippen LogP contribution in [0, 0.1) is 11.8 Å². The monoisotopic (exact) mass is 231 g/mol. The molecule has 17 heavy (non-hydrogen) atoms. The number of para-hydroxylation sites is 1. The maximum absolute atomic E-state index is 5.88. The lowest BCUT2D eigenvalue weighted by Crippen LogP contribution is -2.40. The van der Waals surface area contributed by atoms with E-state index in [1.165, 1.54) is 24.8 Å². The van der Waals surface area contributed by atoms with Crippen LogP contribution in [0.1, 0.15) is 24.8 Å². The van der Waals surface area contributed by atoms with Crippen molar-refractivity contribution < 1.29 is 4.74 Å². The van der Waals surface area contributed by atoms with Crippen molar-refractivity contribution in [3.63, 3.8) is 0 Å². The third-order valence-electron chi connectivity index (χ3n) is 4.13. The van der Waals surface area contributed by atoms with Crippen LogP contribution < -0.4 is 10.1 Å². The molecular weight excluding hydrogens is 210 g/mol. The van der Waals surface area contributed by atoms with Gasteiger partial charge in [-0.05, 0) is 37.4 Å². The molecule has 1 aromatic rings. The average molecular weight is 231 g/mol. The molecule has 1 saturated carbocycles. The van der Waals surface area contributed by atoms with Crippen molar-refractivity contribution in [2.24, 2.45) is 11.8 Å². The molecule has 0 bridgehead atoms. The van der Waals surface area contributed by atoms with Crippen molar-refractivity contribution >= 4 is 0 Å². The number of hydrogen-bond acceptors (Lipinski definition) is 2. The summed E-state index contributed by atoms with van der Waals surface area (Å²) in [4.78, 5) is 0. The minimum absolute atomic E-state index is 0.621. The van der Waals surface area contributed by atoms with E-state index in [0.29, 0.717) is 12.0 Å². The lowest BCUT2D eigenvalue weighted by molar-refractivity contribution is 0.180. The zero-order chi connectivity index (χ0) is 11.7. The van der Waals surface area contributed by atoms with E-state index in [4.69, 9.17) is 4.74 Å². The molecule has 2 unspecified atom stereocenters. The van der Waals surface area contributed by atoms with Crippen LogP contribution in [0.5, 0.6) is 5.75 Å². The summed E-state index contributed by atoms with van der Waals surface area (Å²) in [7, 11) is 2.09. The van der Waals surface area contributed by atoms with Gasteiger partial charge in [0.05, 0.1) is 6.61 Å². The summed E-state index contributed by atoms with van der Waals surface area (Å²) in [6, 6.07) is 9.07. The Labute approximate surface area is 103 Å². The van der Waals surface area contributed by atoms with Gasteiger partial charge in [0.1, 0.15) is 5.75 Å². The fourth-order valence-electron chi connectivity index (χ4n) is 2.87. The Balaban J connectivity index is 1.69. The molecule has 0 radical (unpaired) electrons. The van der Waals surface area contributed by atoms with E-state index >= 15 is 0 Å². The number of benzene rings is 1. The van der Waals surface area contributed by atoms with Gasteiger partial charge in [-0.3, -0.25) is 0 Å². The van der Waals surface area contributed by atoms with Gasteiger partial charge in [0, 0.05) is 12.0 Å². The van der Waals surface area contributed by atoms with Gasteiger partial charge >= 0.3 is 0 Å². The molecule has 92 valence electrons. The molecule has 0 saturated heterocycles. The Bertz CT molecular complexity index is 386. The Kier molecular flexibility index (Phi) is 3.06. The summed E-state index contributed by atoms with van der Waals surface area (Å²) >= 11 is 0. The lowest BCUT2D eigenvalue weighted by Gasteiger charge is -2.31. The van der Waals surface area contributed by atoms with Crippen LogP contribution in [0.4, 0.5) is 0 Å². The first kappa shape index (κ1) is 11.1. The summed E-state index contributed by atoms with van der Waals surface area (Å²) in [6.45, 7) is 0.870. The molecule has 1 aromatic carbocycles. The van der Waals surface area contributed by atoms with Gasteiger partial charge < -0.3 is 10.1 Å². The lowest BCUT2D eigenvalue weighted by atomic mass is 9.88. The third kappa shape index (κ3) is 2.47. The second-order valence-corrected chi connectivity index (χ2v) is 5.46. The van der Waals surface area contributed by atoms with Gasteiger partial charge in [0.2, 0.25) is 0 Å². The van der Waals surface area contributed by atoms with Gasteiger partial charge in [0.25, 0.3) is 0 Å². The van der Waals surface area contributed by atoms with Gasteiger partial charge in [-0.2, -0.15) is 0 Å². The molecule has 2 atom stereocenters. The molecule has 3 rings (SSSR count). The van der Waals surface area contributed by atoms with Crippen LogP contribution in [-0.2, 0) is 6.42 Å². The van der Waals surface area contributed by atoms with Gasteiger partial charge in [-0.1, -0.05) is 31.0 Å². The second kappa shape index (κ2) is 4.69. The predicted octanol–water partition coefficient (Wildman–Crippen LogP) is 2.63. The molecular formula is C15H21NO. The molecule has 0 amide bonds. The van der Waals surface area contributed by atoms with Gasteiger partial charge in [-0.15, -0.1) is 0 Å². The number of fused-ring (bicyclic) bond motifs is 1. The van der Waals surface area contributed by atoms with E-state index in [0.717, 1.165) is 24.7 Å². The molecule has 1 N–H and O–H groups in total. The average Bonchev–Trinajstić information content (AvgIpc) is 3.19. The number of nitrogens with one attached hydrogen (secondary N) is 1. The van der Waals surface area contributed by atoms with Crippen LogP contribution in [0.2, 0.25) is 0 Å². The Morgan fingerprint density at radius 3 is 2.94 bits per heavy atom. The molecule has 2 nitrogen and oxygen atoms in total. The minimum Gasteiger partial charge on any atom is -0.493 e. The molecule has 1 fully saturated rings. The summed E-state index contributed by atoms with van der Waals surface area (Å²) in [5.41, 5.74) is 1.37. The number of ether oxygens (including phenoxy) is 1. The zero-order valence-electron chi connectivity index (χ0n) is 10.5. The van der Waals surface area contributed by atoms with Gasteiger partial charge in [-0.25, -0.2) is 0 Å². The Hall–Kier alpha value is -1.02. The van der Waals surface area contributed by atoms with E-state index in [1.807, 2.05) is 0 Å². The van der Waals surface area contributed by atoms with E-state index in [2.05, 4.69) is 36.6 Å². The van der Waals surface area contributed by atoms with Crippen molar-refractivity contribution in [1.82, 2.24) is 5.32 Å². The van der Waals surface area contributed by atoms with Crippen molar-refractivity contribution in [1.29, 1.82) is 0 Å². The van der Waals surface area contributed by atoms with Crippen LogP contribution in [0.3, 0.4) is 0 Å². The highest BCUT2D eigenvalue weighted by Crippen LogP contribution is 2.37. The fraction of sp³-hybridized carbons (Fsp3) is 0.600.